The van der Waals surface area contributed by atoms with Crippen LogP contribution in [0, 0.1) is 34.5 Å². The lowest BCUT2D eigenvalue weighted by Gasteiger charge is -2.57. The minimum Gasteiger partial charge on any atom is -0.427 e. The number of carbonyl (C=O) groups excluding carboxylic acids is 2. The van der Waals surface area contributed by atoms with E-state index >= 15 is 0 Å². The molecule has 2 aliphatic heterocycles. The summed E-state index contributed by atoms with van der Waals surface area (Å²) in [7, 11) is 0. The van der Waals surface area contributed by atoms with Crippen molar-refractivity contribution in [3.8, 4) is 0 Å². The van der Waals surface area contributed by atoms with E-state index in [0.29, 0.717) is 24.1 Å². The van der Waals surface area contributed by atoms with Gasteiger partial charge in [-0.05, 0) is 117 Å². The highest BCUT2D eigenvalue weighted by atomic mass is 16.6. The summed E-state index contributed by atoms with van der Waals surface area (Å²) >= 11 is 0. The van der Waals surface area contributed by atoms with Gasteiger partial charge in [-0.25, -0.2) is 14.6 Å². The van der Waals surface area contributed by atoms with Gasteiger partial charge in [0.05, 0.1) is 11.0 Å². The molecule has 6 nitrogen and oxygen atoms in total. The molecule has 1 saturated heterocycles. The molecule has 1 aromatic rings. The van der Waals surface area contributed by atoms with Gasteiger partial charge in [0.25, 0.3) is 0 Å². The zero-order valence-corrected chi connectivity index (χ0v) is 25.0. The van der Waals surface area contributed by atoms with Crippen LogP contribution in [-0.4, -0.2) is 16.9 Å². The number of allylic oxidation sites excluding steroid dienone is 5. The van der Waals surface area contributed by atoms with Crippen LogP contribution in [0.15, 0.2) is 63.8 Å². The fourth-order valence-electron chi connectivity index (χ4n) is 10.7. The number of ether oxygens (including phenoxy) is 2. The van der Waals surface area contributed by atoms with Crippen molar-refractivity contribution in [2.24, 2.45) is 34.5 Å². The summed E-state index contributed by atoms with van der Waals surface area (Å²) in [5, 5.41) is 0. The van der Waals surface area contributed by atoms with E-state index in [1.54, 1.807) is 6.20 Å². The molecule has 6 aliphatic carbocycles. The molecule has 0 unspecified atom stereocenters. The van der Waals surface area contributed by atoms with E-state index in [9.17, 15) is 9.59 Å². The van der Waals surface area contributed by atoms with E-state index in [1.165, 1.54) is 42.4 Å². The second kappa shape index (κ2) is 9.42. The standard InChI is InChI=1S/C36H42N2O4/c1-3-5-8-26-36-15-11-22(23(31(36)34(40)41-26)17-20-12-16-38-27(37)18-20)24-19-21-9-10-25(35(4-2)13-6-7-14-35)32-28(21)29(30(24)36)33(39)42-32/h8,12,16,18,21-22,24,30H,3-7,9-11,13-15,17,19H2,1-2H3,(H2,37,38)/b26-8-/t21-,22-,24+,30-,36+/m1/s1. The van der Waals surface area contributed by atoms with Gasteiger partial charge in [-0.15, -0.1) is 0 Å². The first-order valence-electron chi connectivity index (χ1n) is 16.5. The van der Waals surface area contributed by atoms with Gasteiger partial charge in [-0.2, -0.15) is 0 Å². The molecule has 0 amide bonds. The summed E-state index contributed by atoms with van der Waals surface area (Å²) < 4.78 is 12.6. The predicted octanol–water partition coefficient (Wildman–Crippen LogP) is 7.28. The third kappa shape index (κ3) is 3.41. The lowest BCUT2D eigenvalue weighted by atomic mass is 9.43. The Morgan fingerprint density at radius 1 is 1.07 bits per heavy atom. The number of nitrogens with two attached hydrogens (primary N) is 1. The molecule has 6 heteroatoms. The molecule has 1 aromatic heterocycles. The van der Waals surface area contributed by atoms with Gasteiger partial charge in [-0.3, -0.25) is 0 Å². The SMILES string of the molecule is CCC/C=C1\OC(=O)C2=C(Cc3ccnc(N)c3)[C@H]3CC[C@]21[C@H]1C2=C4C(=C(C5(CC)CCCC5)CC[C@@H]4C[C@@H]31)OC2=O. The van der Waals surface area contributed by atoms with Crippen LogP contribution >= 0.6 is 0 Å². The maximum Gasteiger partial charge on any atom is 0.340 e. The molecule has 220 valence electrons. The second-order valence-corrected chi connectivity index (χ2v) is 14.0. The van der Waals surface area contributed by atoms with Gasteiger partial charge in [0.1, 0.15) is 17.3 Å². The quantitative estimate of drug-likeness (QED) is 0.364. The normalized spacial score (nSPS) is 35.0. The zero-order chi connectivity index (χ0) is 28.8. The fourth-order valence-corrected chi connectivity index (χ4v) is 10.7. The summed E-state index contributed by atoms with van der Waals surface area (Å²) in [6, 6.07) is 3.93. The molecule has 3 heterocycles. The van der Waals surface area contributed by atoms with E-state index in [-0.39, 0.29) is 29.2 Å². The lowest BCUT2D eigenvalue weighted by Crippen LogP contribution is -2.53. The number of nitrogens with zero attached hydrogens (tertiary/aromatic N) is 1. The number of fused-ring (bicyclic) bond motifs is 1. The van der Waals surface area contributed by atoms with Gasteiger partial charge in [-0.1, -0.05) is 38.7 Å². The van der Waals surface area contributed by atoms with Crippen LogP contribution in [0.3, 0.4) is 0 Å². The molecule has 2 bridgehead atoms. The Morgan fingerprint density at radius 2 is 1.90 bits per heavy atom. The van der Waals surface area contributed by atoms with Crippen molar-refractivity contribution < 1.29 is 19.1 Å². The Hall–Kier alpha value is -3.15. The van der Waals surface area contributed by atoms with Crippen LogP contribution in [0.4, 0.5) is 5.82 Å². The number of cyclic esters (lactones) is 1. The highest BCUT2D eigenvalue weighted by Gasteiger charge is 2.69. The molecule has 2 N–H and O–H groups in total. The first kappa shape index (κ1) is 26.5. The number of rotatable bonds is 6. The Labute approximate surface area is 248 Å². The van der Waals surface area contributed by atoms with Crippen LogP contribution in [0.25, 0.3) is 0 Å². The molecule has 9 rings (SSSR count). The highest BCUT2D eigenvalue weighted by Crippen LogP contribution is 2.72. The van der Waals surface area contributed by atoms with Gasteiger partial charge in [0, 0.05) is 23.3 Å². The Balaban J connectivity index is 1.33. The molecule has 5 atom stereocenters. The van der Waals surface area contributed by atoms with Crippen LogP contribution in [0.5, 0.6) is 0 Å². The summed E-state index contributed by atoms with van der Waals surface area (Å²) in [6.07, 6.45) is 17.5. The van der Waals surface area contributed by atoms with Crippen LogP contribution in [0.1, 0.15) is 96.5 Å². The minimum atomic E-state index is -0.589. The average Bonchev–Trinajstić information content (AvgIpc) is 3.69. The first-order chi connectivity index (χ1) is 20.4. The average molecular weight is 567 g/mol. The van der Waals surface area contributed by atoms with E-state index in [1.807, 2.05) is 12.1 Å². The molecule has 42 heavy (non-hydrogen) atoms. The molecule has 0 radical (unpaired) electrons. The number of nitrogen functional groups attached to an aromatic ring is 1. The smallest absolute Gasteiger partial charge is 0.340 e. The monoisotopic (exact) mass is 566 g/mol. The van der Waals surface area contributed by atoms with E-state index in [0.717, 1.165) is 79.6 Å². The van der Waals surface area contributed by atoms with Crippen molar-refractivity contribution in [3.63, 3.8) is 0 Å². The number of carbonyl (C=O) groups is 2. The molecule has 8 aliphatic rings. The predicted molar refractivity (Wildman–Crippen MR) is 159 cm³/mol. The number of hydrogen-bond donors (Lipinski definition) is 1. The summed E-state index contributed by atoms with van der Waals surface area (Å²) in [6.45, 7) is 4.47. The van der Waals surface area contributed by atoms with Crippen molar-refractivity contribution in [3.05, 3.63) is 69.4 Å². The maximum absolute atomic E-state index is 14.1. The minimum absolute atomic E-state index is 0.0659. The number of pyridine rings is 1. The lowest BCUT2D eigenvalue weighted by molar-refractivity contribution is -0.135. The maximum atomic E-state index is 14.1. The molecule has 3 fully saturated rings. The second-order valence-electron chi connectivity index (χ2n) is 14.0. The number of aromatic nitrogens is 1. The zero-order valence-electron chi connectivity index (χ0n) is 25.0. The van der Waals surface area contributed by atoms with E-state index in [4.69, 9.17) is 15.2 Å². The first-order valence-corrected chi connectivity index (χ1v) is 16.5. The van der Waals surface area contributed by atoms with Gasteiger partial charge < -0.3 is 15.2 Å². The third-order valence-electron chi connectivity index (χ3n) is 12.4. The Kier molecular flexibility index (Phi) is 5.94. The Bertz CT molecular complexity index is 1520. The number of unbranched alkanes of at least 4 members (excludes halogenated alkanes) is 1. The third-order valence-corrected chi connectivity index (χ3v) is 12.4. The summed E-state index contributed by atoms with van der Waals surface area (Å²) in [5.41, 5.74) is 12.3. The van der Waals surface area contributed by atoms with Crippen molar-refractivity contribution >= 4 is 17.8 Å². The molecule has 1 spiro atoms. The number of anilines is 1. The van der Waals surface area contributed by atoms with Crippen molar-refractivity contribution in [1.29, 1.82) is 0 Å². The fraction of sp³-hybridized carbons (Fsp3) is 0.583. The van der Waals surface area contributed by atoms with Crippen LogP contribution in [0.2, 0.25) is 0 Å². The topological polar surface area (TPSA) is 91.5 Å². The van der Waals surface area contributed by atoms with E-state index < -0.39 is 5.41 Å². The molecule has 2 saturated carbocycles. The van der Waals surface area contributed by atoms with E-state index in [2.05, 4.69) is 24.9 Å². The number of hydrogen-bond acceptors (Lipinski definition) is 6. The summed E-state index contributed by atoms with van der Waals surface area (Å²) in [4.78, 5) is 32.2. The molecule has 0 aromatic carbocycles. The van der Waals surface area contributed by atoms with Crippen molar-refractivity contribution in [1.82, 2.24) is 4.98 Å². The largest absolute Gasteiger partial charge is 0.427 e. The van der Waals surface area contributed by atoms with Gasteiger partial charge in [0.15, 0.2) is 0 Å². The Morgan fingerprint density at radius 3 is 2.67 bits per heavy atom. The van der Waals surface area contributed by atoms with Crippen molar-refractivity contribution in [2.75, 3.05) is 5.73 Å². The number of esters is 2. The van der Waals surface area contributed by atoms with Gasteiger partial charge in [0.2, 0.25) is 0 Å². The molecular formula is C36H42N2O4. The highest BCUT2D eigenvalue weighted by molar-refractivity contribution is 6.00. The van der Waals surface area contributed by atoms with Crippen LogP contribution < -0.4 is 5.73 Å². The molecular weight excluding hydrogens is 524 g/mol. The van der Waals surface area contributed by atoms with Crippen LogP contribution in [-0.2, 0) is 25.5 Å². The van der Waals surface area contributed by atoms with Crippen molar-refractivity contribution in [2.45, 2.75) is 97.3 Å². The summed E-state index contributed by atoms with van der Waals surface area (Å²) in [5.74, 6) is 2.67. The van der Waals surface area contributed by atoms with Gasteiger partial charge >= 0.3 is 11.9 Å².